The van der Waals surface area contributed by atoms with Gasteiger partial charge in [-0.2, -0.15) is 4.39 Å². The molecule has 1 heterocycles. The molecule has 0 bridgehead atoms. The number of halogens is 3. The summed E-state index contributed by atoms with van der Waals surface area (Å²) in [5.74, 6) is -2.04. The lowest BCUT2D eigenvalue weighted by molar-refractivity contribution is -0.00915. The van der Waals surface area contributed by atoms with E-state index >= 15 is 0 Å². The van der Waals surface area contributed by atoms with Gasteiger partial charge in [0.25, 0.3) is 0 Å². The van der Waals surface area contributed by atoms with Gasteiger partial charge in [-0.25, -0.2) is 8.78 Å². The fourth-order valence-electron chi connectivity index (χ4n) is 4.77. The Morgan fingerprint density at radius 1 is 0.865 bits per heavy atom. The summed E-state index contributed by atoms with van der Waals surface area (Å²) in [6, 6.07) is 15.1. The van der Waals surface area contributed by atoms with E-state index in [2.05, 4.69) is 13.0 Å². The van der Waals surface area contributed by atoms with Crippen molar-refractivity contribution in [3.05, 3.63) is 83.7 Å². The van der Waals surface area contributed by atoms with Crippen LogP contribution < -0.4 is 4.74 Å². The number of hydrogen-bond acceptors (Lipinski definition) is 2. The molecule has 0 radical (unpaired) electrons. The Morgan fingerprint density at radius 3 is 2.30 bits per heavy atom. The summed E-state index contributed by atoms with van der Waals surface area (Å²) < 4.78 is 54.8. The fourth-order valence-corrected chi connectivity index (χ4v) is 4.77. The minimum absolute atomic E-state index is 0.104. The molecule has 2 nitrogen and oxygen atoms in total. The Morgan fingerprint density at radius 2 is 1.62 bits per heavy atom. The summed E-state index contributed by atoms with van der Waals surface area (Å²) in [6.45, 7) is 4.87. The number of unbranched alkanes of at least 4 members (excludes halogenated alkanes) is 2. The van der Waals surface area contributed by atoms with Crippen LogP contribution in [0.25, 0.3) is 28.3 Å². The highest BCUT2D eigenvalue weighted by Crippen LogP contribution is 2.32. The van der Waals surface area contributed by atoms with E-state index in [1.165, 1.54) is 37.5 Å². The molecule has 37 heavy (non-hydrogen) atoms. The van der Waals surface area contributed by atoms with Crippen molar-refractivity contribution in [3.8, 4) is 28.0 Å². The Bertz CT molecular complexity index is 1200. The summed E-state index contributed by atoms with van der Waals surface area (Å²) in [4.78, 5) is 0. The van der Waals surface area contributed by atoms with Gasteiger partial charge in [0.2, 0.25) is 5.82 Å². The van der Waals surface area contributed by atoms with Gasteiger partial charge in [0.15, 0.2) is 11.6 Å². The van der Waals surface area contributed by atoms with E-state index in [-0.39, 0.29) is 23.7 Å². The molecule has 3 aromatic carbocycles. The van der Waals surface area contributed by atoms with Crippen molar-refractivity contribution in [3.63, 3.8) is 0 Å². The first kappa shape index (κ1) is 27.0. The van der Waals surface area contributed by atoms with Gasteiger partial charge in [-0.15, -0.1) is 0 Å². The maximum absolute atomic E-state index is 14.9. The highest BCUT2D eigenvalue weighted by Gasteiger charge is 2.20. The van der Waals surface area contributed by atoms with Crippen LogP contribution in [0.2, 0.25) is 0 Å². The predicted octanol–water partition coefficient (Wildman–Crippen LogP) is 9.23. The zero-order chi connectivity index (χ0) is 26.2. The molecule has 0 spiro atoms. The first-order valence-electron chi connectivity index (χ1n) is 13.3. The number of ether oxygens (including phenoxy) is 2. The topological polar surface area (TPSA) is 18.5 Å². The molecule has 1 aliphatic rings. The molecule has 2 unspecified atom stereocenters. The summed E-state index contributed by atoms with van der Waals surface area (Å²) in [5, 5.41) is 0. The Hall–Kier alpha value is -3.05. The molecule has 0 N–H and O–H groups in total. The summed E-state index contributed by atoms with van der Waals surface area (Å²) in [6.07, 6.45) is 11.2. The SMILES string of the molecule is CCCCCC1CCC(C=Cc2ccc(-c3ccc(-c4ccc(OCC)c(F)c4F)cc3)cc2F)CO1. The van der Waals surface area contributed by atoms with Crippen molar-refractivity contribution < 1.29 is 22.6 Å². The number of rotatable bonds is 10. The molecule has 2 atom stereocenters. The van der Waals surface area contributed by atoms with E-state index in [4.69, 9.17) is 9.47 Å². The van der Waals surface area contributed by atoms with Crippen LogP contribution in [0.3, 0.4) is 0 Å². The quantitative estimate of drug-likeness (QED) is 0.254. The molecule has 5 heteroatoms. The van der Waals surface area contributed by atoms with Gasteiger partial charge in [-0.1, -0.05) is 74.7 Å². The minimum atomic E-state index is -0.999. The van der Waals surface area contributed by atoms with Gasteiger partial charge in [-0.3, -0.25) is 0 Å². The summed E-state index contributed by atoms with van der Waals surface area (Å²) in [7, 11) is 0. The first-order valence-corrected chi connectivity index (χ1v) is 13.3. The van der Waals surface area contributed by atoms with Crippen LogP contribution in [0, 0.1) is 23.4 Å². The average Bonchev–Trinajstić information content (AvgIpc) is 2.92. The van der Waals surface area contributed by atoms with Crippen molar-refractivity contribution >= 4 is 6.08 Å². The van der Waals surface area contributed by atoms with E-state index in [0.29, 0.717) is 29.8 Å². The molecular formula is C32H35F3O2. The minimum Gasteiger partial charge on any atom is -0.491 e. The zero-order valence-electron chi connectivity index (χ0n) is 21.6. The maximum Gasteiger partial charge on any atom is 0.201 e. The molecule has 0 amide bonds. The number of benzene rings is 3. The van der Waals surface area contributed by atoms with Crippen molar-refractivity contribution in [1.29, 1.82) is 0 Å². The normalized spacial score (nSPS) is 17.9. The van der Waals surface area contributed by atoms with Crippen LogP contribution in [0.4, 0.5) is 13.2 Å². The second-order valence-corrected chi connectivity index (χ2v) is 9.63. The third-order valence-corrected chi connectivity index (χ3v) is 6.96. The van der Waals surface area contributed by atoms with Crippen LogP contribution >= 0.6 is 0 Å². The third kappa shape index (κ3) is 6.84. The van der Waals surface area contributed by atoms with Crippen LogP contribution in [0.5, 0.6) is 5.75 Å². The van der Waals surface area contributed by atoms with Gasteiger partial charge in [0.1, 0.15) is 5.82 Å². The molecule has 1 saturated heterocycles. The second-order valence-electron chi connectivity index (χ2n) is 9.63. The molecule has 1 aliphatic heterocycles. The molecule has 0 saturated carbocycles. The smallest absolute Gasteiger partial charge is 0.201 e. The van der Waals surface area contributed by atoms with E-state index in [1.54, 1.807) is 37.3 Å². The molecule has 0 aromatic heterocycles. The van der Waals surface area contributed by atoms with E-state index in [1.807, 2.05) is 12.1 Å². The Kier molecular flexibility index (Phi) is 9.45. The standard InChI is InChI=1S/C32H35F3O2/c1-3-5-6-7-27-17-9-22(21-37-27)8-10-25-15-16-26(20-29(25)33)23-11-13-24(14-12-23)28-18-19-30(36-4-2)32(35)31(28)34/h8,10-16,18-20,22,27H,3-7,9,17,21H2,1-2H3. The van der Waals surface area contributed by atoms with Crippen molar-refractivity contribution in [1.82, 2.24) is 0 Å². The summed E-state index contributed by atoms with van der Waals surface area (Å²) in [5.41, 5.74) is 2.73. The lowest BCUT2D eigenvalue weighted by Crippen LogP contribution is -2.24. The zero-order valence-corrected chi connectivity index (χ0v) is 21.6. The van der Waals surface area contributed by atoms with Crippen molar-refractivity contribution in [2.24, 2.45) is 5.92 Å². The third-order valence-electron chi connectivity index (χ3n) is 6.96. The second kappa shape index (κ2) is 13.0. The molecular weight excluding hydrogens is 473 g/mol. The predicted molar refractivity (Wildman–Crippen MR) is 144 cm³/mol. The van der Waals surface area contributed by atoms with Gasteiger partial charge in [0.05, 0.1) is 19.3 Å². The van der Waals surface area contributed by atoms with E-state index in [9.17, 15) is 13.2 Å². The Labute approximate surface area is 218 Å². The van der Waals surface area contributed by atoms with Gasteiger partial charge in [0, 0.05) is 17.0 Å². The van der Waals surface area contributed by atoms with Crippen molar-refractivity contribution in [2.75, 3.05) is 13.2 Å². The van der Waals surface area contributed by atoms with Gasteiger partial charge < -0.3 is 9.47 Å². The highest BCUT2D eigenvalue weighted by molar-refractivity contribution is 5.72. The monoisotopic (exact) mass is 508 g/mol. The lowest BCUT2D eigenvalue weighted by Gasteiger charge is -2.27. The first-order chi connectivity index (χ1) is 18.0. The summed E-state index contributed by atoms with van der Waals surface area (Å²) >= 11 is 0. The highest BCUT2D eigenvalue weighted by atomic mass is 19.2. The average molecular weight is 509 g/mol. The fraction of sp³-hybridized carbons (Fsp3) is 0.375. The van der Waals surface area contributed by atoms with Crippen LogP contribution in [0.15, 0.2) is 60.7 Å². The molecule has 196 valence electrons. The Balaban J connectivity index is 1.39. The van der Waals surface area contributed by atoms with Crippen LogP contribution in [0.1, 0.15) is 57.9 Å². The van der Waals surface area contributed by atoms with Crippen LogP contribution in [-0.2, 0) is 4.74 Å². The molecule has 0 aliphatic carbocycles. The maximum atomic E-state index is 14.9. The van der Waals surface area contributed by atoms with Crippen LogP contribution in [-0.4, -0.2) is 19.3 Å². The molecule has 3 aromatic rings. The largest absolute Gasteiger partial charge is 0.491 e. The number of hydrogen-bond donors (Lipinski definition) is 0. The van der Waals surface area contributed by atoms with E-state index in [0.717, 1.165) is 30.4 Å². The van der Waals surface area contributed by atoms with Gasteiger partial charge in [-0.05, 0) is 61.1 Å². The van der Waals surface area contributed by atoms with E-state index < -0.39 is 11.6 Å². The van der Waals surface area contributed by atoms with Crippen molar-refractivity contribution in [2.45, 2.75) is 58.5 Å². The van der Waals surface area contributed by atoms with Gasteiger partial charge >= 0.3 is 0 Å². The molecule has 4 rings (SSSR count). The lowest BCUT2D eigenvalue weighted by atomic mass is 9.94. The molecule has 1 fully saturated rings.